The number of halogens is 4. The number of hydrogen-bond acceptors (Lipinski definition) is 6. The fourth-order valence-electron chi connectivity index (χ4n) is 1.05. The van der Waals surface area contributed by atoms with Crippen LogP contribution in [0.2, 0.25) is 5.28 Å². The number of rotatable bonds is 6. The third kappa shape index (κ3) is 5.43. The summed E-state index contributed by atoms with van der Waals surface area (Å²) in [6.07, 6.45) is -6.39. The highest BCUT2D eigenvalue weighted by atomic mass is 35.5. The summed E-state index contributed by atoms with van der Waals surface area (Å²) in [5.74, 6) is 0.0211. The minimum atomic E-state index is -4.70. The van der Waals surface area contributed by atoms with E-state index in [0.29, 0.717) is 6.54 Å². The van der Waals surface area contributed by atoms with E-state index in [1.165, 1.54) is 0 Å². The molecule has 0 amide bonds. The van der Waals surface area contributed by atoms with E-state index < -0.39 is 18.8 Å². The van der Waals surface area contributed by atoms with Gasteiger partial charge in [-0.1, -0.05) is 6.92 Å². The Kier molecular flexibility index (Phi) is 5.55. The van der Waals surface area contributed by atoms with Gasteiger partial charge in [0.15, 0.2) is 6.10 Å². The van der Waals surface area contributed by atoms with Crippen molar-refractivity contribution in [2.24, 2.45) is 0 Å². The summed E-state index contributed by atoms with van der Waals surface area (Å²) in [7, 11) is 0. The summed E-state index contributed by atoms with van der Waals surface area (Å²) in [6.45, 7) is 1.75. The van der Waals surface area contributed by atoms with E-state index in [4.69, 9.17) is 16.7 Å². The Morgan fingerprint density at radius 3 is 2.32 bits per heavy atom. The molecule has 1 aromatic rings. The third-order valence-electron chi connectivity index (χ3n) is 1.97. The topological polar surface area (TPSA) is 83.0 Å². The Morgan fingerprint density at radius 1 is 1.21 bits per heavy atom. The van der Waals surface area contributed by atoms with Gasteiger partial charge in [-0.3, -0.25) is 0 Å². The van der Waals surface area contributed by atoms with Gasteiger partial charge in [-0.05, 0) is 18.0 Å². The van der Waals surface area contributed by atoms with E-state index >= 15 is 0 Å². The van der Waals surface area contributed by atoms with Crippen molar-refractivity contribution in [3.8, 4) is 0 Å². The number of aromatic nitrogens is 3. The first-order valence-electron chi connectivity index (χ1n) is 5.47. The molecule has 0 saturated carbocycles. The maximum atomic E-state index is 12.1. The first-order valence-corrected chi connectivity index (χ1v) is 5.84. The van der Waals surface area contributed by atoms with Gasteiger partial charge in [-0.2, -0.15) is 28.1 Å². The van der Waals surface area contributed by atoms with Gasteiger partial charge in [0.1, 0.15) is 0 Å². The van der Waals surface area contributed by atoms with E-state index in [1.54, 1.807) is 0 Å². The van der Waals surface area contributed by atoms with Crippen molar-refractivity contribution in [1.82, 2.24) is 15.0 Å². The molecule has 1 atom stereocenters. The SMILES string of the molecule is CCCNc1nc(Cl)nc(NCC(O)C(F)(F)F)n1. The fraction of sp³-hybridized carbons (Fsp3) is 0.667. The summed E-state index contributed by atoms with van der Waals surface area (Å²) in [5, 5.41) is 13.7. The molecule has 0 aliphatic carbocycles. The zero-order valence-corrected chi connectivity index (χ0v) is 10.8. The molecule has 1 unspecified atom stereocenters. The van der Waals surface area contributed by atoms with Crippen LogP contribution in [0.4, 0.5) is 25.1 Å². The van der Waals surface area contributed by atoms with E-state index in [2.05, 4.69) is 25.6 Å². The van der Waals surface area contributed by atoms with Crippen molar-refractivity contribution in [1.29, 1.82) is 0 Å². The Bertz CT molecular complexity index is 417. The molecule has 1 rings (SSSR count). The molecule has 19 heavy (non-hydrogen) atoms. The Balaban J connectivity index is 2.65. The van der Waals surface area contributed by atoms with Gasteiger partial charge in [0, 0.05) is 6.54 Å². The quantitative estimate of drug-likeness (QED) is 0.741. The van der Waals surface area contributed by atoms with Gasteiger partial charge in [0.2, 0.25) is 17.2 Å². The molecule has 1 aromatic heterocycles. The van der Waals surface area contributed by atoms with Gasteiger partial charge in [0.05, 0.1) is 6.54 Å². The predicted octanol–water partition coefficient (Wildman–Crippen LogP) is 1.68. The number of nitrogens with zero attached hydrogens (tertiary/aromatic N) is 3. The van der Waals surface area contributed by atoms with Crippen LogP contribution in [0.3, 0.4) is 0 Å². The second-order valence-electron chi connectivity index (χ2n) is 3.62. The number of aliphatic hydroxyl groups is 1. The normalized spacial score (nSPS) is 13.2. The number of anilines is 2. The van der Waals surface area contributed by atoms with E-state index in [9.17, 15) is 13.2 Å². The second-order valence-corrected chi connectivity index (χ2v) is 3.95. The molecule has 0 aromatic carbocycles. The summed E-state index contributed by atoms with van der Waals surface area (Å²) in [6, 6.07) is 0. The number of alkyl halides is 3. The average Bonchev–Trinajstić information content (AvgIpc) is 2.31. The van der Waals surface area contributed by atoms with Gasteiger partial charge >= 0.3 is 6.18 Å². The minimum absolute atomic E-state index is 0.137. The predicted molar refractivity (Wildman–Crippen MR) is 64.2 cm³/mol. The molecular weight excluding hydrogens is 287 g/mol. The van der Waals surface area contributed by atoms with Gasteiger partial charge in [-0.25, -0.2) is 0 Å². The highest BCUT2D eigenvalue weighted by Gasteiger charge is 2.38. The second kappa shape index (κ2) is 6.71. The maximum Gasteiger partial charge on any atom is 0.416 e. The van der Waals surface area contributed by atoms with Gasteiger partial charge in [-0.15, -0.1) is 0 Å². The first kappa shape index (κ1) is 15.7. The highest BCUT2D eigenvalue weighted by Crippen LogP contribution is 2.20. The first-order chi connectivity index (χ1) is 8.82. The maximum absolute atomic E-state index is 12.1. The lowest BCUT2D eigenvalue weighted by atomic mass is 10.3. The average molecular weight is 300 g/mol. The van der Waals surface area contributed by atoms with Crippen molar-refractivity contribution >= 4 is 23.5 Å². The number of nitrogens with one attached hydrogen (secondary N) is 2. The third-order valence-corrected chi connectivity index (χ3v) is 2.14. The standard InChI is InChI=1S/C9H13ClF3N5O/c1-2-3-14-7-16-6(10)17-8(18-7)15-4-5(19)9(11,12)13/h5,19H,2-4H2,1H3,(H2,14,15,16,17,18). The molecule has 0 saturated heterocycles. The molecule has 10 heteroatoms. The Labute approximate surface area is 112 Å². The summed E-state index contributed by atoms with van der Waals surface area (Å²) < 4.78 is 36.3. The molecular formula is C9H13ClF3N5O. The molecule has 1 heterocycles. The molecule has 0 radical (unpaired) electrons. The monoisotopic (exact) mass is 299 g/mol. The molecule has 0 fully saturated rings. The van der Waals surface area contributed by atoms with Crippen molar-refractivity contribution < 1.29 is 18.3 Å². The van der Waals surface area contributed by atoms with Crippen LogP contribution < -0.4 is 10.6 Å². The molecule has 6 nitrogen and oxygen atoms in total. The minimum Gasteiger partial charge on any atom is -0.382 e. The molecule has 108 valence electrons. The zero-order chi connectivity index (χ0) is 14.5. The lowest BCUT2D eigenvalue weighted by Crippen LogP contribution is -2.35. The van der Waals surface area contributed by atoms with Crippen molar-refractivity contribution in [2.75, 3.05) is 23.7 Å². The van der Waals surface area contributed by atoms with Crippen molar-refractivity contribution in [3.05, 3.63) is 5.28 Å². The number of hydrogen-bond donors (Lipinski definition) is 3. The summed E-state index contributed by atoms with van der Waals surface area (Å²) >= 11 is 5.61. The lowest BCUT2D eigenvalue weighted by molar-refractivity contribution is -0.198. The van der Waals surface area contributed by atoms with E-state index in [-0.39, 0.29) is 17.2 Å². The number of aliphatic hydroxyl groups excluding tert-OH is 1. The summed E-state index contributed by atoms with van der Waals surface area (Å²) in [5.41, 5.74) is 0. The van der Waals surface area contributed by atoms with Crippen molar-refractivity contribution in [2.45, 2.75) is 25.6 Å². The molecule has 0 spiro atoms. The van der Waals surface area contributed by atoms with Crippen LogP contribution in [0.1, 0.15) is 13.3 Å². The Morgan fingerprint density at radius 2 is 1.79 bits per heavy atom. The van der Waals surface area contributed by atoms with Crippen LogP contribution in [-0.4, -0.2) is 45.4 Å². The smallest absolute Gasteiger partial charge is 0.382 e. The van der Waals surface area contributed by atoms with Crippen molar-refractivity contribution in [3.63, 3.8) is 0 Å². The van der Waals surface area contributed by atoms with E-state index in [0.717, 1.165) is 6.42 Å². The van der Waals surface area contributed by atoms with E-state index in [1.807, 2.05) is 6.92 Å². The fourth-order valence-corrected chi connectivity index (χ4v) is 1.21. The molecule has 0 bridgehead atoms. The molecule has 3 N–H and O–H groups in total. The largest absolute Gasteiger partial charge is 0.416 e. The van der Waals surface area contributed by atoms with Crippen LogP contribution in [0.5, 0.6) is 0 Å². The Hall–Kier alpha value is -1.35. The van der Waals surface area contributed by atoms with Crippen LogP contribution in [0.25, 0.3) is 0 Å². The lowest BCUT2D eigenvalue weighted by Gasteiger charge is -2.15. The van der Waals surface area contributed by atoms with Gasteiger partial charge < -0.3 is 15.7 Å². The summed E-state index contributed by atoms with van der Waals surface area (Å²) in [4.78, 5) is 11.2. The zero-order valence-electron chi connectivity index (χ0n) is 10.00. The van der Waals surface area contributed by atoms with Crippen LogP contribution >= 0.6 is 11.6 Å². The molecule has 0 aliphatic rings. The van der Waals surface area contributed by atoms with Crippen LogP contribution in [-0.2, 0) is 0 Å². The highest BCUT2D eigenvalue weighted by molar-refractivity contribution is 6.28. The van der Waals surface area contributed by atoms with Crippen LogP contribution in [0, 0.1) is 0 Å². The molecule has 0 aliphatic heterocycles. The van der Waals surface area contributed by atoms with Gasteiger partial charge in [0.25, 0.3) is 0 Å². The van der Waals surface area contributed by atoms with Crippen LogP contribution in [0.15, 0.2) is 0 Å².